The number of aliphatic hydroxyl groups excluding tert-OH is 1. The van der Waals surface area contributed by atoms with Gasteiger partial charge in [0.05, 0.1) is 18.3 Å². The monoisotopic (exact) mass is 235 g/mol. The molecule has 0 saturated carbocycles. The molecule has 1 heterocycles. The van der Waals surface area contributed by atoms with Gasteiger partial charge >= 0.3 is 0 Å². The summed E-state index contributed by atoms with van der Waals surface area (Å²) in [6, 6.07) is 7.40. The van der Waals surface area contributed by atoms with Gasteiger partial charge in [0.25, 0.3) is 5.91 Å². The minimum atomic E-state index is -0.477. The topological polar surface area (TPSA) is 49.8 Å². The zero-order valence-electron chi connectivity index (χ0n) is 9.93. The van der Waals surface area contributed by atoms with E-state index in [1.54, 1.807) is 4.90 Å². The van der Waals surface area contributed by atoms with Gasteiger partial charge < -0.3 is 14.7 Å². The van der Waals surface area contributed by atoms with E-state index < -0.39 is 6.10 Å². The molecule has 1 aromatic carbocycles. The maximum atomic E-state index is 11.8. The lowest BCUT2D eigenvalue weighted by Gasteiger charge is -2.30. The normalized spacial score (nSPS) is 16.4. The van der Waals surface area contributed by atoms with E-state index >= 15 is 0 Å². The predicted octanol–water partition coefficient (Wildman–Crippen LogP) is 1.57. The van der Waals surface area contributed by atoms with Crippen molar-refractivity contribution >= 4 is 11.6 Å². The molecular weight excluding hydrogens is 218 g/mol. The summed E-state index contributed by atoms with van der Waals surface area (Å²) in [5.74, 6) is 0.606. The molecule has 17 heavy (non-hydrogen) atoms. The summed E-state index contributed by atoms with van der Waals surface area (Å²) in [7, 11) is 0. The molecule has 4 nitrogen and oxygen atoms in total. The Labute approximate surface area is 101 Å². The van der Waals surface area contributed by atoms with Crippen LogP contribution in [-0.4, -0.2) is 30.3 Å². The van der Waals surface area contributed by atoms with Crippen LogP contribution in [0.5, 0.6) is 5.75 Å². The maximum Gasteiger partial charge on any atom is 0.265 e. The second kappa shape index (κ2) is 5.19. The fourth-order valence-corrected chi connectivity index (χ4v) is 1.99. The Kier molecular flexibility index (Phi) is 3.64. The zero-order valence-corrected chi connectivity index (χ0v) is 9.93. The SMILES string of the molecule is CCCC(O)CN1C(=O)COc2ccccc21. The van der Waals surface area contributed by atoms with E-state index in [1.807, 2.05) is 31.2 Å². The van der Waals surface area contributed by atoms with E-state index in [0.717, 1.165) is 12.1 Å². The van der Waals surface area contributed by atoms with Gasteiger partial charge in [0.1, 0.15) is 5.75 Å². The van der Waals surface area contributed by atoms with Crippen LogP contribution in [0.15, 0.2) is 24.3 Å². The quantitative estimate of drug-likeness (QED) is 0.861. The molecule has 1 N–H and O–H groups in total. The number of fused-ring (bicyclic) bond motifs is 1. The molecule has 1 aliphatic rings. The van der Waals surface area contributed by atoms with Crippen LogP contribution in [0.25, 0.3) is 0 Å². The Morgan fingerprint density at radius 2 is 2.24 bits per heavy atom. The molecular formula is C13H17NO3. The van der Waals surface area contributed by atoms with Crippen LogP contribution < -0.4 is 9.64 Å². The van der Waals surface area contributed by atoms with E-state index in [9.17, 15) is 9.90 Å². The van der Waals surface area contributed by atoms with E-state index in [1.165, 1.54) is 0 Å². The molecule has 0 bridgehead atoms. The first-order chi connectivity index (χ1) is 8.22. The highest BCUT2D eigenvalue weighted by molar-refractivity contribution is 5.97. The summed E-state index contributed by atoms with van der Waals surface area (Å²) in [5, 5.41) is 9.81. The van der Waals surface area contributed by atoms with E-state index in [-0.39, 0.29) is 12.5 Å². The van der Waals surface area contributed by atoms with Crippen LogP contribution in [0.2, 0.25) is 0 Å². The number of hydrogen-bond donors (Lipinski definition) is 1. The standard InChI is InChI=1S/C13H17NO3/c1-2-5-10(15)8-14-11-6-3-4-7-12(11)17-9-13(14)16/h3-4,6-7,10,15H,2,5,8-9H2,1H3. The van der Waals surface area contributed by atoms with Gasteiger partial charge in [0, 0.05) is 0 Å². The van der Waals surface area contributed by atoms with E-state index in [4.69, 9.17) is 4.74 Å². The molecule has 2 rings (SSSR count). The number of benzene rings is 1. The molecule has 0 spiro atoms. The lowest BCUT2D eigenvalue weighted by Crippen LogP contribution is -2.43. The molecule has 1 aromatic rings. The molecule has 0 aliphatic carbocycles. The third-order valence-corrected chi connectivity index (χ3v) is 2.82. The largest absolute Gasteiger partial charge is 0.482 e. The molecule has 1 aliphatic heterocycles. The van der Waals surface area contributed by atoms with Crippen molar-refractivity contribution in [2.24, 2.45) is 0 Å². The minimum absolute atomic E-state index is 0.0514. The fourth-order valence-electron chi connectivity index (χ4n) is 1.99. The number of rotatable bonds is 4. The number of carbonyl (C=O) groups excluding carboxylic acids is 1. The first-order valence-electron chi connectivity index (χ1n) is 5.92. The average molecular weight is 235 g/mol. The van der Waals surface area contributed by atoms with Gasteiger partial charge in [-0.05, 0) is 18.6 Å². The van der Waals surface area contributed by atoms with E-state index in [2.05, 4.69) is 0 Å². The van der Waals surface area contributed by atoms with Crippen LogP contribution in [-0.2, 0) is 4.79 Å². The van der Waals surface area contributed by atoms with Crippen LogP contribution >= 0.6 is 0 Å². The molecule has 1 unspecified atom stereocenters. The number of hydrogen-bond acceptors (Lipinski definition) is 3. The zero-order chi connectivity index (χ0) is 12.3. The molecule has 92 valence electrons. The van der Waals surface area contributed by atoms with E-state index in [0.29, 0.717) is 18.7 Å². The molecule has 0 aromatic heterocycles. The maximum absolute atomic E-state index is 11.8. The highest BCUT2D eigenvalue weighted by Crippen LogP contribution is 2.31. The second-order valence-electron chi connectivity index (χ2n) is 4.20. The van der Waals surface area contributed by atoms with Gasteiger partial charge in [-0.3, -0.25) is 4.79 Å². The summed E-state index contributed by atoms with van der Waals surface area (Å²) >= 11 is 0. The number of para-hydroxylation sites is 2. The van der Waals surface area contributed by atoms with Crippen molar-refractivity contribution in [1.29, 1.82) is 0 Å². The van der Waals surface area contributed by atoms with Crippen LogP contribution in [0.4, 0.5) is 5.69 Å². The number of nitrogens with zero attached hydrogens (tertiary/aromatic N) is 1. The van der Waals surface area contributed by atoms with Gasteiger partial charge in [0.2, 0.25) is 0 Å². The first-order valence-corrected chi connectivity index (χ1v) is 5.92. The Balaban J connectivity index is 2.18. The Bertz CT molecular complexity index is 405. The van der Waals surface area contributed by atoms with Crippen molar-refractivity contribution in [3.8, 4) is 5.75 Å². The third-order valence-electron chi connectivity index (χ3n) is 2.82. The lowest BCUT2D eigenvalue weighted by molar-refractivity contribution is -0.121. The van der Waals surface area contributed by atoms with Crippen molar-refractivity contribution in [1.82, 2.24) is 0 Å². The van der Waals surface area contributed by atoms with Crippen molar-refractivity contribution in [2.75, 3.05) is 18.1 Å². The summed E-state index contributed by atoms with van der Waals surface area (Å²) in [6.07, 6.45) is 1.13. The molecule has 0 fully saturated rings. The van der Waals surface area contributed by atoms with Gasteiger partial charge in [-0.25, -0.2) is 0 Å². The number of aliphatic hydroxyl groups is 1. The highest BCUT2D eigenvalue weighted by Gasteiger charge is 2.26. The van der Waals surface area contributed by atoms with Crippen LogP contribution in [0.3, 0.4) is 0 Å². The number of ether oxygens (including phenoxy) is 1. The molecule has 1 amide bonds. The Morgan fingerprint density at radius 1 is 1.47 bits per heavy atom. The molecule has 4 heteroatoms. The van der Waals surface area contributed by atoms with Crippen molar-refractivity contribution in [2.45, 2.75) is 25.9 Å². The molecule has 0 saturated heterocycles. The summed E-state index contributed by atoms with van der Waals surface area (Å²) in [4.78, 5) is 13.4. The smallest absolute Gasteiger partial charge is 0.265 e. The van der Waals surface area contributed by atoms with Crippen molar-refractivity contribution in [3.05, 3.63) is 24.3 Å². The van der Waals surface area contributed by atoms with Gasteiger partial charge in [0.15, 0.2) is 6.61 Å². The average Bonchev–Trinajstić information content (AvgIpc) is 2.33. The van der Waals surface area contributed by atoms with Gasteiger partial charge in [-0.2, -0.15) is 0 Å². The number of amides is 1. The Morgan fingerprint density at radius 3 is 3.00 bits per heavy atom. The number of anilines is 1. The fraction of sp³-hybridized carbons (Fsp3) is 0.462. The van der Waals surface area contributed by atoms with Gasteiger partial charge in [-0.1, -0.05) is 25.5 Å². The second-order valence-corrected chi connectivity index (χ2v) is 4.20. The number of β-amino-alcohol motifs (C(OH)–C–C–N with tert-alkyl or cyclic N) is 1. The van der Waals surface area contributed by atoms with Gasteiger partial charge in [-0.15, -0.1) is 0 Å². The van der Waals surface area contributed by atoms with Crippen LogP contribution in [0, 0.1) is 0 Å². The number of carbonyl (C=O) groups is 1. The molecule has 0 radical (unpaired) electrons. The molecule has 1 atom stereocenters. The lowest BCUT2D eigenvalue weighted by atomic mass is 10.1. The summed E-state index contributed by atoms with van der Waals surface area (Å²) in [6.45, 7) is 2.40. The predicted molar refractivity (Wildman–Crippen MR) is 65.2 cm³/mol. The van der Waals surface area contributed by atoms with Crippen LogP contribution in [0.1, 0.15) is 19.8 Å². The minimum Gasteiger partial charge on any atom is -0.482 e. The highest BCUT2D eigenvalue weighted by atomic mass is 16.5. The van der Waals surface area contributed by atoms with Crippen molar-refractivity contribution < 1.29 is 14.6 Å². The summed E-state index contributed by atoms with van der Waals surface area (Å²) in [5.41, 5.74) is 0.749. The summed E-state index contributed by atoms with van der Waals surface area (Å²) < 4.78 is 5.33. The third kappa shape index (κ3) is 2.58. The first kappa shape index (κ1) is 11.9. The Hall–Kier alpha value is -1.55. The van der Waals surface area contributed by atoms with Crippen molar-refractivity contribution in [3.63, 3.8) is 0 Å².